The Hall–Kier alpha value is -4.06. The maximum atomic E-state index is 13.3. The first kappa shape index (κ1) is 29.9. The molecule has 3 aromatic carbocycles. The number of anilines is 2. The van der Waals surface area contributed by atoms with Crippen LogP contribution in [0.1, 0.15) is 49.4 Å². The van der Waals surface area contributed by atoms with Gasteiger partial charge in [-0.15, -0.1) is 0 Å². The highest BCUT2D eigenvalue weighted by Crippen LogP contribution is 2.37. The van der Waals surface area contributed by atoms with E-state index in [9.17, 15) is 35.9 Å². The Bertz CT molecular complexity index is 1390. The van der Waals surface area contributed by atoms with E-state index in [4.69, 9.17) is 4.74 Å². The predicted molar refractivity (Wildman–Crippen MR) is 141 cm³/mol. The Balaban J connectivity index is 1.64. The lowest BCUT2D eigenvalue weighted by Gasteiger charge is -2.32. The van der Waals surface area contributed by atoms with Crippen LogP contribution < -0.4 is 15.5 Å². The second-order valence-electron chi connectivity index (χ2n) is 9.52. The second-order valence-corrected chi connectivity index (χ2v) is 9.52. The van der Waals surface area contributed by atoms with Gasteiger partial charge >= 0.3 is 12.4 Å². The molecule has 1 aliphatic rings. The van der Waals surface area contributed by atoms with Crippen LogP contribution in [-0.2, 0) is 30.1 Å². The van der Waals surface area contributed by atoms with E-state index in [-0.39, 0.29) is 17.3 Å². The van der Waals surface area contributed by atoms with Gasteiger partial charge in [0.15, 0.2) is 0 Å². The lowest BCUT2D eigenvalue weighted by atomic mass is 9.98. The molecule has 3 aromatic rings. The van der Waals surface area contributed by atoms with Crippen molar-refractivity contribution in [3.8, 4) is 0 Å². The maximum Gasteiger partial charge on any atom is 0.416 e. The Labute approximate surface area is 232 Å². The number of fused-ring (bicyclic) bond motifs is 1. The molecule has 1 aliphatic heterocycles. The van der Waals surface area contributed by atoms with Gasteiger partial charge in [-0.3, -0.25) is 9.59 Å². The minimum absolute atomic E-state index is 0.0316. The first-order valence-electron chi connectivity index (χ1n) is 12.7. The van der Waals surface area contributed by atoms with Crippen molar-refractivity contribution < 1.29 is 40.7 Å². The molecule has 12 heteroatoms. The van der Waals surface area contributed by atoms with Crippen molar-refractivity contribution in [2.45, 2.75) is 31.7 Å². The largest absolute Gasteiger partial charge is 0.416 e. The van der Waals surface area contributed by atoms with Crippen LogP contribution >= 0.6 is 0 Å². The van der Waals surface area contributed by atoms with E-state index in [1.54, 1.807) is 6.07 Å². The fourth-order valence-electron chi connectivity index (χ4n) is 4.58. The molecule has 0 fully saturated rings. The third-order valence-electron chi connectivity index (χ3n) is 6.63. The van der Waals surface area contributed by atoms with Gasteiger partial charge in [-0.25, -0.2) is 0 Å². The first-order valence-corrected chi connectivity index (χ1v) is 12.7. The van der Waals surface area contributed by atoms with Crippen molar-refractivity contribution in [2.75, 3.05) is 37.0 Å². The van der Waals surface area contributed by atoms with Gasteiger partial charge in [0.05, 0.1) is 16.7 Å². The molecule has 0 radical (unpaired) electrons. The number of hydrogen-bond donors (Lipinski definition) is 2. The number of methoxy groups -OCH3 is 1. The quantitative estimate of drug-likeness (QED) is 0.243. The number of halogens is 6. The van der Waals surface area contributed by atoms with Crippen LogP contribution in [0.2, 0.25) is 0 Å². The number of alkyl halides is 6. The van der Waals surface area contributed by atoms with E-state index in [1.165, 1.54) is 24.8 Å². The lowest BCUT2D eigenvalue weighted by Crippen LogP contribution is -2.33. The van der Waals surface area contributed by atoms with Crippen LogP contribution in [0, 0.1) is 0 Å². The number of carbonyl (C=O) groups is 2. The highest BCUT2D eigenvalue weighted by atomic mass is 19.4. The fraction of sp³-hybridized carbons (Fsp3) is 0.310. The Morgan fingerprint density at radius 2 is 1.54 bits per heavy atom. The van der Waals surface area contributed by atoms with Gasteiger partial charge in [-0.1, -0.05) is 24.3 Å². The van der Waals surface area contributed by atoms with E-state index >= 15 is 0 Å². The number of carbonyl (C=O) groups excluding carboxylic acids is 2. The highest BCUT2D eigenvalue weighted by Gasteiger charge is 2.37. The van der Waals surface area contributed by atoms with Crippen molar-refractivity contribution in [3.05, 3.63) is 94.0 Å². The molecule has 0 unspecified atom stereocenters. The molecule has 0 saturated carbocycles. The van der Waals surface area contributed by atoms with Gasteiger partial charge in [0.2, 0.25) is 0 Å². The van der Waals surface area contributed by atoms with Crippen molar-refractivity contribution >= 4 is 23.2 Å². The third-order valence-corrected chi connectivity index (χ3v) is 6.63. The van der Waals surface area contributed by atoms with E-state index in [2.05, 4.69) is 10.6 Å². The molecule has 0 aromatic heterocycles. The molecular formula is C29H27F6N3O3. The topological polar surface area (TPSA) is 70.7 Å². The molecule has 0 saturated heterocycles. The lowest BCUT2D eigenvalue weighted by molar-refractivity contribution is -0.143. The van der Waals surface area contributed by atoms with E-state index in [0.29, 0.717) is 50.5 Å². The molecule has 218 valence electrons. The minimum Gasteiger partial charge on any atom is -0.385 e. The number of nitrogens with zero attached hydrogens (tertiary/aromatic N) is 1. The van der Waals surface area contributed by atoms with Crippen molar-refractivity contribution in [1.82, 2.24) is 5.32 Å². The third kappa shape index (κ3) is 7.37. The zero-order valence-electron chi connectivity index (χ0n) is 22.0. The summed E-state index contributed by atoms with van der Waals surface area (Å²) in [5.74, 6) is -1.64. The van der Waals surface area contributed by atoms with Crippen molar-refractivity contribution in [2.24, 2.45) is 0 Å². The highest BCUT2D eigenvalue weighted by molar-refractivity contribution is 6.06. The van der Waals surface area contributed by atoms with Gasteiger partial charge in [0, 0.05) is 50.3 Å². The molecule has 0 spiro atoms. The average Bonchev–Trinajstić information content (AvgIpc) is 2.93. The van der Waals surface area contributed by atoms with Crippen LogP contribution in [-0.4, -0.2) is 38.6 Å². The monoisotopic (exact) mass is 579 g/mol. The normalized spacial score (nSPS) is 13.5. The summed E-state index contributed by atoms with van der Waals surface area (Å²) in [5, 5.41) is 5.13. The van der Waals surface area contributed by atoms with E-state index in [1.807, 2.05) is 29.2 Å². The summed E-state index contributed by atoms with van der Waals surface area (Å²) in [7, 11) is 1.53. The van der Waals surface area contributed by atoms with Gasteiger partial charge in [-0.05, 0) is 60.4 Å². The summed E-state index contributed by atoms with van der Waals surface area (Å²) in [5.41, 5.74) is -0.952. The number of hydrogen-bond acceptors (Lipinski definition) is 4. The molecular weight excluding hydrogens is 552 g/mol. The van der Waals surface area contributed by atoms with Crippen LogP contribution in [0.25, 0.3) is 0 Å². The van der Waals surface area contributed by atoms with Gasteiger partial charge in [0.25, 0.3) is 11.8 Å². The smallest absolute Gasteiger partial charge is 0.385 e. The summed E-state index contributed by atoms with van der Waals surface area (Å²) in [6, 6.07) is 13.0. The molecule has 4 rings (SSSR count). The van der Waals surface area contributed by atoms with Crippen molar-refractivity contribution in [1.29, 1.82) is 0 Å². The zero-order chi connectivity index (χ0) is 29.8. The summed E-state index contributed by atoms with van der Waals surface area (Å²) in [6.45, 7) is 1.85. The van der Waals surface area contributed by atoms with Crippen LogP contribution in [0.4, 0.5) is 37.7 Å². The summed E-state index contributed by atoms with van der Waals surface area (Å²) in [6.07, 6.45) is -8.92. The summed E-state index contributed by atoms with van der Waals surface area (Å²) >= 11 is 0. The molecule has 41 heavy (non-hydrogen) atoms. The second kappa shape index (κ2) is 12.2. The Morgan fingerprint density at radius 3 is 2.17 bits per heavy atom. The first-order chi connectivity index (χ1) is 19.4. The van der Waals surface area contributed by atoms with Gasteiger partial charge < -0.3 is 20.3 Å². The number of nitrogens with one attached hydrogen (secondary N) is 2. The molecule has 2 amide bonds. The van der Waals surface area contributed by atoms with Crippen molar-refractivity contribution in [3.63, 3.8) is 0 Å². The molecule has 0 bridgehead atoms. The Morgan fingerprint density at radius 1 is 0.878 bits per heavy atom. The van der Waals surface area contributed by atoms with Crippen LogP contribution in [0.3, 0.4) is 0 Å². The van der Waals surface area contributed by atoms with E-state index < -0.39 is 40.9 Å². The SMILES string of the molecule is COCCCNC(=O)c1cc(NC(=O)c2cc(C(F)(F)F)cc(C(F)(F)F)c2)ccc1N1CCc2ccccc2C1. The maximum absolute atomic E-state index is 13.3. The number of amides is 2. The molecule has 0 aliphatic carbocycles. The molecule has 6 nitrogen and oxygen atoms in total. The van der Waals surface area contributed by atoms with E-state index in [0.717, 1.165) is 12.0 Å². The summed E-state index contributed by atoms with van der Waals surface area (Å²) < 4.78 is 84.7. The average molecular weight is 580 g/mol. The standard InChI is InChI=1S/C29H27F6N3O3/c1-41-12-4-10-36-27(40)24-16-23(7-8-25(24)38-11-9-18-5-2-3-6-19(18)17-38)37-26(39)20-13-21(28(30,31)32)15-22(14-20)29(33,34)35/h2-3,5-8,13-16H,4,9-12,17H2,1H3,(H,36,40)(H,37,39). The predicted octanol–water partition coefficient (Wildman–Crippen LogP) is 6.31. The zero-order valence-corrected chi connectivity index (χ0v) is 22.0. The molecule has 2 N–H and O–H groups in total. The van der Waals surface area contributed by atoms with Gasteiger partial charge in [0.1, 0.15) is 0 Å². The van der Waals surface area contributed by atoms with Crippen LogP contribution in [0.15, 0.2) is 60.7 Å². The number of benzene rings is 3. The number of rotatable bonds is 8. The fourth-order valence-corrected chi connectivity index (χ4v) is 4.58. The van der Waals surface area contributed by atoms with Gasteiger partial charge in [-0.2, -0.15) is 26.3 Å². The molecule has 1 heterocycles. The minimum atomic E-state index is -5.10. The number of ether oxygens (including phenoxy) is 1. The Kier molecular flexibility index (Phi) is 8.91. The van der Waals surface area contributed by atoms with Crippen LogP contribution in [0.5, 0.6) is 0 Å². The molecule has 0 atom stereocenters. The summed E-state index contributed by atoms with van der Waals surface area (Å²) in [4.78, 5) is 28.0.